The largest absolute Gasteiger partial charge is 0.476 e. The van der Waals surface area contributed by atoms with Crippen LogP contribution in [0.1, 0.15) is 20.3 Å². The molecule has 0 saturated heterocycles. The maximum Gasteiger partial charge on any atom is 0.355 e. The van der Waals surface area contributed by atoms with Gasteiger partial charge in [0.1, 0.15) is 6.33 Å². The number of nitrogens with one attached hydrogen (secondary N) is 1. The molecular weight excluding hydrogens is 246 g/mol. The Kier molecular flexibility index (Phi) is 2.83. The van der Waals surface area contributed by atoms with Crippen LogP contribution in [0, 0.1) is 0 Å². The van der Waals surface area contributed by atoms with Gasteiger partial charge in [0.15, 0.2) is 10.7 Å². The molecule has 17 heavy (non-hydrogen) atoms. The van der Waals surface area contributed by atoms with E-state index in [1.165, 1.54) is 16.4 Å². The summed E-state index contributed by atoms with van der Waals surface area (Å²) in [5.41, 5.74) is -0.155. The molecule has 0 fully saturated rings. The van der Waals surface area contributed by atoms with Gasteiger partial charge in [0.2, 0.25) is 5.95 Å². The van der Waals surface area contributed by atoms with Gasteiger partial charge < -0.3 is 5.11 Å². The number of aryl methyl sites for hydroxylation is 1. The maximum absolute atomic E-state index is 11.7. The maximum atomic E-state index is 11.7. The van der Waals surface area contributed by atoms with Crippen molar-refractivity contribution in [1.29, 1.82) is 0 Å². The van der Waals surface area contributed by atoms with E-state index in [9.17, 15) is 9.59 Å². The zero-order valence-corrected chi connectivity index (χ0v) is 9.43. The number of aromatic nitrogens is 4. The molecule has 2 rings (SSSR count). The number of hydrogen-bond donors (Lipinski definition) is 2. The van der Waals surface area contributed by atoms with Crippen molar-refractivity contribution < 1.29 is 14.7 Å². The third-order valence-electron chi connectivity index (χ3n) is 1.85. The molecule has 0 unspecified atom stereocenters. The molecule has 2 heterocycles. The number of thiazole rings is 1. The topological polar surface area (TPSA) is 110 Å². The lowest BCUT2D eigenvalue weighted by molar-refractivity contribution is 0.0691. The molecule has 88 valence electrons. The SMILES string of the molecule is Cn1ncnc1NC(=O)c1nc(C(=O)O)cs1. The van der Waals surface area contributed by atoms with Crippen LogP contribution >= 0.6 is 11.3 Å². The molecule has 8 nitrogen and oxygen atoms in total. The molecule has 2 aromatic rings. The third-order valence-corrected chi connectivity index (χ3v) is 2.70. The molecule has 0 aromatic carbocycles. The van der Waals surface area contributed by atoms with Gasteiger partial charge in [0, 0.05) is 12.4 Å². The molecule has 0 aliphatic heterocycles. The third kappa shape index (κ3) is 2.28. The van der Waals surface area contributed by atoms with Crippen LogP contribution in [0.5, 0.6) is 0 Å². The van der Waals surface area contributed by atoms with Crippen molar-refractivity contribution in [3.63, 3.8) is 0 Å². The van der Waals surface area contributed by atoms with Crippen molar-refractivity contribution in [1.82, 2.24) is 19.7 Å². The number of carbonyl (C=O) groups excluding carboxylic acids is 1. The fourth-order valence-corrected chi connectivity index (χ4v) is 1.73. The second-order valence-corrected chi connectivity index (χ2v) is 3.86. The van der Waals surface area contributed by atoms with Gasteiger partial charge in [0.25, 0.3) is 5.91 Å². The number of carboxylic acids is 1. The first-order valence-electron chi connectivity index (χ1n) is 4.42. The molecule has 0 radical (unpaired) electrons. The molecule has 0 bridgehead atoms. The highest BCUT2D eigenvalue weighted by molar-refractivity contribution is 7.12. The van der Waals surface area contributed by atoms with Gasteiger partial charge in [-0.15, -0.1) is 11.3 Å². The summed E-state index contributed by atoms with van der Waals surface area (Å²) in [5, 5.41) is 16.3. The molecule has 0 atom stereocenters. The minimum absolute atomic E-state index is 0.0606. The smallest absolute Gasteiger partial charge is 0.355 e. The monoisotopic (exact) mass is 253 g/mol. The van der Waals surface area contributed by atoms with Gasteiger partial charge in [-0.05, 0) is 0 Å². The predicted octanol–water partition coefficient (Wildman–Crippen LogP) is 0.222. The number of nitrogens with zero attached hydrogens (tertiary/aromatic N) is 4. The first kappa shape index (κ1) is 11.2. The molecule has 0 saturated carbocycles. The normalized spacial score (nSPS) is 10.2. The number of carboxylic acid groups (broad SMARTS) is 1. The molecule has 0 aliphatic rings. The molecule has 9 heteroatoms. The number of carbonyl (C=O) groups is 2. The van der Waals surface area contributed by atoms with Crippen LogP contribution in [-0.4, -0.2) is 36.7 Å². The summed E-state index contributed by atoms with van der Waals surface area (Å²) in [7, 11) is 1.62. The molecule has 1 amide bonds. The van der Waals surface area contributed by atoms with Gasteiger partial charge in [-0.25, -0.2) is 14.5 Å². The average Bonchev–Trinajstić information content (AvgIpc) is 2.88. The van der Waals surface area contributed by atoms with Crippen LogP contribution < -0.4 is 5.32 Å². The first-order valence-corrected chi connectivity index (χ1v) is 5.30. The highest BCUT2D eigenvalue weighted by Gasteiger charge is 2.16. The fraction of sp³-hybridized carbons (Fsp3) is 0.125. The van der Waals surface area contributed by atoms with Gasteiger partial charge in [-0.2, -0.15) is 10.1 Å². The van der Waals surface area contributed by atoms with Gasteiger partial charge in [-0.1, -0.05) is 0 Å². The Bertz CT molecular complexity index is 575. The van der Waals surface area contributed by atoms with Crippen LogP contribution in [0.4, 0.5) is 5.95 Å². The Morgan fingerprint density at radius 3 is 2.82 bits per heavy atom. The quantitative estimate of drug-likeness (QED) is 0.809. The van der Waals surface area contributed by atoms with Gasteiger partial charge in [-0.3, -0.25) is 10.1 Å². The van der Waals surface area contributed by atoms with E-state index >= 15 is 0 Å². The summed E-state index contributed by atoms with van der Waals surface area (Å²) in [6, 6.07) is 0. The van der Waals surface area contributed by atoms with Crippen molar-refractivity contribution in [3.05, 3.63) is 22.4 Å². The summed E-state index contributed by atoms with van der Waals surface area (Å²) >= 11 is 0.952. The summed E-state index contributed by atoms with van der Waals surface area (Å²) < 4.78 is 1.38. The summed E-state index contributed by atoms with van der Waals surface area (Å²) in [6.45, 7) is 0. The van der Waals surface area contributed by atoms with E-state index in [0.717, 1.165) is 11.3 Å². The zero-order chi connectivity index (χ0) is 12.4. The van der Waals surface area contributed by atoms with E-state index in [0.29, 0.717) is 0 Å². The van der Waals surface area contributed by atoms with Crippen LogP contribution in [0.25, 0.3) is 0 Å². The lowest BCUT2D eigenvalue weighted by Gasteiger charge is -2.00. The highest BCUT2D eigenvalue weighted by Crippen LogP contribution is 2.11. The zero-order valence-electron chi connectivity index (χ0n) is 8.62. The number of hydrogen-bond acceptors (Lipinski definition) is 6. The van der Waals surface area contributed by atoms with Gasteiger partial charge >= 0.3 is 5.97 Å². The summed E-state index contributed by atoms with van der Waals surface area (Å²) in [4.78, 5) is 29.7. The first-order chi connectivity index (χ1) is 8.08. The Labute approximate surface area is 98.9 Å². The highest BCUT2D eigenvalue weighted by atomic mass is 32.1. The van der Waals surface area contributed by atoms with E-state index in [2.05, 4.69) is 20.4 Å². The standard InChI is InChI=1S/C8H7N5O3S/c1-13-8(9-3-10-13)12-5(14)6-11-4(2-17-6)7(15)16/h2-3H,1H3,(H,15,16)(H,9,10,12,14). The van der Waals surface area contributed by atoms with Crippen molar-refractivity contribution in [2.75, 3.05) is 5.32 Å². The van der Waals surface area contributed by atoms with E-state index in [1.807, 2.05) is 0 Å². The van der Waals surface area contributed by atoms with Crippen LogP contribution in [0.2, 0.25) is 0 Å². The molecule has 0 spiro atoms. The molecule has 0 aliphatic carbocycles. The van der Waals surface area contributed by atoms with Crippen molar-refractivity contribution in [2.45, 2.75) is 0 Å². The van der Waals surface area contributed by atoms with Crippen LogP contribution in [0.3, 0.4) is 0 Å². The molecule has 2 aromatic heterocycles. The summed E-state index contributed by atoms with van der Waals surface area (Å²) in [5.74, 6) is -1.42. The summed E-state index contributed by atoms with van der Waals surface area (Å²) in [6.07, 6.45) is 1.29. The minimum atomic E-state index is -1.17. The minimum Gasteiger partial charge on any atom is -0.476 e. The van der Waals surface area contributed by atoms with E-state index in [4.69, 9.17) is 5.11 Å². The van der Waals surface area contributed by atoms with Crippen LogP contribution in [-0.2, 0) is 7.05 Å². The van der Waals surface area contributed by atoms with Crippen molar-refractivity contribution >= 4 is 29.2 Å². The van der Waals surface area contributed by atoms with E-state index in [1.54, 1.807) is 7.05 Å². The number of anilines is 1. The van der Waals surface area contributed by atoms with Crippen molar-refractivity contribution in [3.8, 4) is 0 Å². The van der Waals surface area contributed by atoms with Crippen LogP contribution in [0.15, 0.2) is 11.7 Å². The number of rotatable bonds is 3. The lowest BCUT2D eigenvalue weighted by atomic mass is 10.5. The van der Waals surface area contributed by atoms with Gasteiger partial charge in [0.05, 0.1) is 0 Å². The van der Waals surface area contributed by atoms with E-state index in [-0.39, 0.29) is 16.6 Å². The Morgan fingerprint density at radius 1 is 1.53 bits per heavy atom. The lowest BCUT2D eigenvalue weighted by Crippen LogP contribution is -2.15. The second kappa shape index (κ2) is 4.29. The Balaban J connectivity index is 2.15. The Morgan fingerprint density at radius 2 is 2.29 bits per heavy atom. The fourth-order valence-electron chi connectivity index (χ4n) is 1.04. The number of aromatic carboxylic acids is 1. The average molecular weight is 253 g/mol. The molecule has 2 N–H and O–H groups in total. The molecular formula is C8H7N5O3S. The number of amides is 1. The second-order valence-electron chi connectivity index (χ2n) is 3.00. The van der Waals surface area contributed by atoms with Crippen molar-refractivity contribution in [2.24, 2.45) is 7.05 Å². The predicted molar refractivity (Wildman–Crippen MR) is 58.0 cm³/mol. The Hall–Kier alpha value is -2.29. The van der Waals surface area contributed by atoms with E-state index < -0.39 is 11.9 Å².